The summed E-state index contributed by atoms with van der Waals surface area (Å²) in [4.78, 5) is 20.5. The number of likely N-dealkylation sites (tertiary alicyclic amines) is 1. The fourth-order valence-corrected chi connectivity index (χ4v) is 6.12. The maximum absolute atomic E-state index is 13.6. The van der Waals surface area contributed by atoms with Crippen LogP contribution < -0.4 is 9.64 Å². The van der Waals surface area contributed by atoms with Crippen LogP contribution in [0.2, 0.25) is 0 Å². The second-order valence-corrected chi connectivity index (χ2v) is 10.6. The van der Waals surface area contributed by atoms with Gasteiger partial charge in [-0.1, -0.05) is 42.8 Å². The Bertz CT molecular complexity index is 1230. The Hall–Kier alpha value is -3.31. The highest BCUT2D eigenvalue weighted by Gasteiger charge is 2.28. The van der Waals surface area contributed by atoms with E-state index in [-0.39, 0.29) is 5.91 Å². The molecule has 2 saturated heterocycles. The van der Waals surface area contributed by atoms with Crippen molar-refractivity contribution in [2.24, 2.45) is 0 Å². The molecule has 0 saturated carbocycles. The Morgan fingerprint density at radius 1 is 0.757 bits per heavy atom. The molecular weight excluding hydrogens is 458 g/mol. The molecule has 1 amide bonds. The maximum atomic E-state index is 13.6. The summed E-state index contributed by atoms with van der Waals surface area (Å²) in [5.74, 6) is 1.09. The lowest BCUT2D eigenvalue weighted by Gasteiger charge is -2.36. The van der Waals surface area contributed by atoms with Crippen molar-refractivity contribution in [2.75, 3.05) is 57.3 Å². The van der Waals surface area contributed by atoms with Gasteiger partial charge in [0, 0.05) is 44.0 Å². The van der Waals surface area contributed by atoms with Crippen LogP contribution in [0.4, 0.5) is 5.69 Å². The molecule has 6 rings (SSSR count). The lowest BCUT2D eigenvalue weighted by Crippen LogP contribution is -2.48. The molecule has 2 fully saturated rings. The van der Waals surface area contributed by atoms with Crippen LogP contribution >= 0.6 is 0 Å². The van der Waals surface area contributed by atoms with Crippen molar-refractivity contribution >= 4 is 11.6 Å². The zero-order valence-electron chi connectivity index (χ0n) is 21.7. The number of carbonyl (C=O) groups excluding carboxylic acids is 1. The van der Waals surface area contributed by atoms with E-state index in [1.54, 1.807) is 0 Å². The van der Waals surface area contributed by atoms with E-state index in [2.05, 4.69) is 64.4 Å². The molecule has 1 aliphatic carbocycles. The molecule has 3 aliphatic rings. The van der Waals surface area contributed by atoms with Crippen molar-refractivity contribution in [3.8, 4) is 16.9 Å². The molecular formula is C32H37N3O2. The number of ether oxygens (including phenoxy) is 1. The quantitative estimate of drug-likeness (QED) is 0.318. The van der Waals surface area contributed by atoms with E-state index in [1.807, 2.05) is 17.0 Å². The summed E-state index contributed by atoms with van der Waals surface area (Å²) in [6.45, 7) is 7.55. The van der Waals surface area contributed by atoms with Crippen molar-refractivity contribution in [3.05, 3.63) is 83.4 Å². The summed E-state index contributed by atoms with van der Waals surface area (Å²) in [7, 11) is 0. The van der Waals surface area contributed by atoms with Crippen molar-refractivity contribution in [3.63, 3.8) is 0 Å². The minimum atomic E-state index is 0.154. The van der Waals surface area contributed by atoms with E-state index in [0.29, 0.717) is 0 Å². The summed E-state index contributed by atoms with van der Waals surface area (Å²) in [6.07, 6.45) is 6.06. The number of benzene rings is 3. The molecule has 5 heteroatoms. The standard InChI is InChI=1S/C32H37N3O2/c36-32(30-11-6-9-26-24-25-8-2-3-10-29(25)31(26)30)35-21-19-34(20-22-35)27-12-14-28(15-13-27)37-23-7-18-33-16-4-1-5-17-33/h2-3,6,8-15H,1,4-5,7,16-24H2. The van der Waals surface area contributed by atoms with Crippen LogP contribution in [-0.2, 0) is 6.42 Å². The minimum Gasteiger partial charge on any atom is -0.494 e. The first-order chi connectivity index (χ1) is 18.3. The topological polar surface area (TPSA) is 36.0 Å². The highest BCUT2D eigenvalue weighted by Crippen LogP contribution is 2.39. The number of rotatable bonds is 7. The monoisotopic (exact) mass is 495 g/mol. The van der Waals surface area contributed by atoms with Gasteiger partial charge in [0.2, 0.25) is 0 Å². The van der Waals surface area contributed by atoms with Crippen molar-refractivity contribution in [1.82, 2.24) is 9.80 Å². The Morgan fingerprint density at radius 2 is 1.51 bits per heavy atom. The number of piperazine rings is 1. The Kier molecular flexibility index (Phi) is 7.13. The van der Waals surface area contributed by atoms with Gasteiger partial charge in [0.1, 0.15) is 5.75 Å². The molecule has 0 unspecified atom stereocenters. The molecule has 0 aromatic heterocycles. The van der Waals surface area contributed by atoms with Crippen molar-refractivity contribution < 1.29 is 9.53 Å². The van der Waals surface area contributed by atoms with Gasteiger partial charge in [-0.25, -0.2) is 0 Å². The number of anilines is 1. The van der Waals surface area contributed by atoms with Gasteiger partial charge in [0.05, 0.1) is 6.61 Å². The SMILES string of the molecule is O=C(c1cccc2c1-c1ccccc1C2)N1CCN(c2ccc(OCCCN3CCCCC3)cc2)CC1. The first-order valence-corrected chi connectivity index (χ1v) is 14.0. The first kappa shape index (κ1) is 24.1. The van der Waals surface area contributed by atoms with Gasteiger partial charge in [-0.15, -0.1) is 0 Å². The second-order valence-electron chi connectivity index (χ2n) is 10.6. The van der Waals surface area contributed by atoms with Crippen molar-refractivity contribution in [2.45, 2.75) is 32.1 Å². The zero-order valence-corrected chi connectivity index (χ0v) is 21.7. The van der Waals surface area contributed by atoms with Crippen LogP contribution in [0.1, 0.15) is 47.2 Å². The molecule has 37 heavy (non-hydrogen) atoms. The number of fused-ring (bicyclic) bond motifs is 3. The molecule has 3 aromatic carbocycles. The number of amides is 1. The molecule has 192 valence electrons. The van der Waals surface area contributed by atoms with Gasteiger partial charge in [-0.2, -0.15) is 0 Å². The first-order valence-electron chi connectivity index (χ1n) is 14.0. The molecule has 2 aliphatic heterocycles. The number of carbonyl (C=O) groups is 1. The minimum absolute atomic E-state index is 0.154. The highest BCUT2D eigenvalue weighted by atomic mass is 16.5. The van der Waals surface area contributed by atoms with Crippen molar-refractivity contribution in [1.29, 1.82) is 0 Å². The Morgan fingerprint density at radius 3 is 2.32 bits per heavy atom. The van der Waals surface area contributed by atoms with E-state index < -0.39 is 0 Å². The van der Waals surface area contributed by atoms with Crippen LogP contribution in [-0.4, -0.2) is 68.1 Å². The van der Waals surface area contributed by atoms with Gasteiger partial charge in [-0.3, -0.25) is 4.79 Å². The van der Waals surface area contributed by atoms with Crippen LogP contribution in [0.3, 0.4) is 0 Å². The number of piperidine rings is 1. The molecule has 0 radical (unpaired) electrons. The van der Waals surface area contributed by atoms with Gasteiger partial charge in [-0.05, 0) is 91.4 Å². The summed E-state index contributed by atoms with van der Waals surface area (Å²) < 4.78 is 6.00. The zero-order chi connectivity index (χ0) is 25.0. The van der Waals surface area contributed by atoms with Gasteiger partial charge in [0.25, 0.3) is 5.91 Å². The number of hydrogen-bond donors (Lipinski definition) is 0. The normalized spacial score (nSPS) is 17.4. The third-order valence-corrected chi connectivity index (χ3v) is 8.15. The van der Waals surface area contributed by atoms with Gasteiger partial charge < -0.3 is 19.4 Å². The fourth-order valence-electron chi connectivity index (χ4n) is 6.12. The highest BCUT2D eigenvalue weighted by molar-refractivity contribution is 6.03. The van der Waals surface area contributed by atoms with E-state index in [9.17, 15) is 4.79 Å². The summed E-state index contributed by atoms with van der Waals surface area (Å²) >= 11 is 0. The lowest BCUT2D eigenvalue weighted by molar-refractivity contribution is 0.0747. The number of nitrogens with zero attached hydrogens (tertiary/aromatic N) is 3. The van der Waals surface area contributed by atoms with Gasteiger partial charge in [0.15, 0.2) is 0 Å². The average Bonchev–Trinajstić information content (AvgIpc) is 3.35. The fraction of sp³-hybridized carbons (Fsp3) is 0.406. The van der Waals surface area contributed by atoms with Gasteiger partial charge >= 0.3 is 0 Å². The van der Waals surface area contributed by atoms with Crippen LogP contribution in [0, 0.1) is 0 Å². The molecule has 5 nitrogen and oxygen atoms in total. The molecule has 0 bridgehead atoms. The third kappa shape index (κ3) is 5.24. The second kappa shape index (κ2) is 11.0. The smallest absolute Gasteiger partial charge is 0.254 e. The van der Waals surface area contributed by atoms with E-state index in [0.717, 1.165) is 69.0 Å². The predicted octanol–water partition coefficient (Wildman–Crippen LogP) is 5.48. The molecule has 0 atom stereocenters. The predicted molar refractivity (Wildman–Crippen MR) is 150 cm³/mol. The van der Waals surface area contributed by atoms with E-state index in [4.69, 9.17) is 4.74 Å². The van der Waals surface area contributed by atoms with E-state index in [1.165, 1.54) is 54.7 Å². The average molecular weight is 496 g/mol. The Balaban J connectivity index is 1.02. The molecule has 2 heterocycles. The van der Waals surface area contributed by atoms with E-state index >= 15 is 0 Å². The van der Waals surface area contributed by atoms with Crippen LogP contribution in [0.15, 0.2) is 66.7 Å². The number of hydrogen-bond acceptors (Lipinski definition) is 4. The largest absolute Gasteiger partial charge is 0.494 e. The van der Waals surface area contributed by atoms with Crippen LogP contribution in [0.25, 0.3) is 11.1 Å². The summed E-state index contributed by atoms with van der Waals surface area (Å²) in [5.41, 5.74) is 6.97. The Labute approximate surface area is 220 Å². The summed E-state index contributed by atoms with van der Waals surface area (Å²) in [6, 6.07) is 23.1. The lowest BCUT2D eigenvalue weighted by atomic mass is 9.98. The maximum Gasteiger partial charge on any atom is 0.254 e. The third-order valence-electron chi connectivity index (χ3n) is 8.15. The molecule has 0 spiro atoms. The van der Waals surface area contributed by atoms with Crippen LogP contribution in [0.5, 0.6) is 5.75 Å². The molecule has 0 N–H and O–H groups in total. The molecule has 3 aromatic rings. The summed E-state index contributed by atoms with van der Waals surface area (Å²) in [5, 5.41) is 0.